The zero-order valence-corrected chi connectivity index (χ0v) is 10.9. The van der Waals surface area contributed by atoms with E-state index in [2.05, 4.69) is 16.7 Å². The van der Waals surface area contributed by atoms with Gasteiger partial charge in [0.15, 0.2) is 0 Å². The van der Waals surface area contributed by atoms with Gasteiger partial charge in [-0.05, 0) is 13.0 Å². The molecule has 0 aliphatic heterocycles. The third-order valence-corrected chi connectivity index (χ3v) is 2.60. The molecule has 1 aromatic carbocycles. The van der Waals surface area contributed by atoms with Gasteiger partial charge in [0, 0.05) is 41.8 Å². The van der Waals surface area contributed by atoms with Gasteiger partial charge in [-0.2, -0.15) is 0 Å². The molecule has 0 unspecified atom stereocenters. The highest BCUT2D eigenvalue weighted by molar-refractivity contribution is 6.08. The van der Waals surface area contributed by atoms with Crippen molar-refractivity contribution in [3.63, 3.8) is 0 Å². The first-order valence-electron chi connectivity index (χ1n) is 5.78. The van der Waals surface area contributed by atoms with Gasteiger partial charge in [-0.15, -0.1) is 0 Å². The Balaban J connectivity index is 0.000000280. The molecule has 0 spiro atoms. The van der Waals surface area contributed by atoms with Crippen molar-refractivity contribution < 1.29 is 9.90 Å². The van der Waals surface area contributed by atoms with Crippen molar-refractivity contribution in [1.29, 1.82) is 5.41 Å². The number of carbonyl (C=O) groups is 1. The summed E-state index contributed by atoms with van der Waals surface area (Å²) >= 11 is 0. The summed E-state index contributed by atoms with van der Waals surface area (Å²) in [5.41, 5.74) is 2.83. The first-order chi connectivity index (χ1) is 8.47. The molecular formula is C14H18N2O2. The van der Waals surface area contributed by atoms with E-state index in [0.29, 0.717) is 5.71 Å². The van der Waals surface area contributed by atoms with Crippen LogP contribution >= 0.6 is 0 Å². The molecule has 2 N–H and O–H groups in total. The summed E-state index contributed by atoms with van der Waals surface area (Å²) in [6.07, 6.45) is 2.23. The fraction of sp³-hybridized carbons (Fsp3) is 0.286. The summed E-state index contributed by atoms with van der Waals surface area (Å²) in [6, 6.07) is 8.16. The van der Waals surface area contributed by atoms with Crippen molar-refractivity contribution >= 4 is 22.6 Å². The normalized spacial score (nSPS) is 9.72. The van der Waals surface area contributed by atoms with Crippen molar-refractivity contribution in [3.05, 3.63) is 36.0 Å². The number of aliphatic carboxylic acids is 1. The number of hydrogen-bond acceptors (Lipinski definition) is 2. The molecule has 0 atom stereocenters. The Morgan fingerprint density at radius 2 is 1.94 bits per heavy atom. The van der Waals surface area contributed by atoms with Crippen molar-refractivity contribution in [2.45, 2.75) is 20.3 Å². The Morgan fingerprint density at radius 1 is 1.39 bits per heavy atom. The van der Waals surface area contributed by atoms with Gasteiger partial charge in [-0.1, -0.05) is 25.1 Å². The smallest absolute Gasteiger partial charge is 0.303 e. The molecule has 2 aromatic rings. The van der Waals surface area contributed by atoms with Gasteiger partial charge in [0.25, 0.3) is 0 Å². The molecule has 1 heterocycles. The molecule has 0 amide bonds. The quantitative estimate of drug-likeness (QED) is 0.800. The number of para-hydroxylation sites is 1. The molecule has 0 fully saturated rings. The number of carboxylic acids is 1. The predicted molar refractivity (Wildman–Crippen MR) is 73.3 cm³/mol. The number of benzene rings is 1. The minimum Gasteiger partial charge on any atom is -0.481 e. The highest BCUT2D eigenvalue weighted by atomic mass is 16.4. The third-order valence-electron chi connectivity index (χ3n) is 2.60. The van der Waals surface area contributed by atoms with Crippen molar-refractivity contribution in [2.75, 3.05) is 0 Å². The molecule has 0 bridgehead atoms. The van der Waals surface area contributed by atoms with Crippen LogP contribution in [0.1, 0.15) is 25.8 Å². The summed E-state index contributed by atoms with van der Waals surface area (Å²) in [6.45, 7) is 3.42. The fourth-order valence-electron chi connectivity index (χ4n) is 1.64. The Labute approximate surface area is 106 Å². The van der Waals surface area contributed by atoms with Crippen LogP contribution in [0, 0.1) is 5.41 Å². The van der Waals surface area contributed by atoms with Crippen LogP contribution in [0.25, 0.3) is 10.9 Å². The fourth-order valence-corrected chi connectivity index (χ4v) is 1.64. The molecule has 0 radical (unpaired) electrons. The molecule has 4 heteroatoms. The van der Waals surface area contributed by atoms with E-state index in [4.69, 9.17) is 10.5 Å². The molecule has 0 aliphatic rings. The van der Waals surface area contributed by atoms with Crippen molar-refractivity contribution in [3.8, 4) is 0 Å². The number of carboxylic acid groups (broad SMARTS) is 1. The molecule has 0 aliphatic carbocycles. The second kappa shape index (κ2) is 6.00. The molecule has 0 saturated heterocycles. The molecule has 96 valence electrons. The predicted octanol–water partition coefficient (Wildman–Crippen LogP) is 3.05. The van der Waals surface area contributed by atoms with Crippen LogP contribution in [0.3, 0.4) is 0 Å². The van der Waals surface area contributed by atoms with Crippen LogP contribution in [-0.4, -0.2) is 21.4 Å². The lowest BCUT2D eigenvalue weighted by atomic mass is 10.1. The second-order valence-corrected chi connectivity index (χ2v) is 4.04. The number of fused-ring (bicyclic) bond motifs is 1. The van der Waals surface area contributed by atoms with Crippen LogP contribution in [0.2, 0.25) is 0 Å². The number of hydrogen-bond donors (Lipinski definition) is 2. The Hall–Kier alpha value is -2.10. The van der Waals surface area contributed by atoms with Crippen molar-refractivity contribution in [1.82, 2.24) is 4.57 Å². The summed E-state index contributed by atoms with van der Waals surface area (Å²) in [7, 11) is 2.01. The van der Waals surface area contributed by atoms with Gasteiger partial charge in [0.05, 0.1) is 0 Å². The summed E-state index contributed by atoms with van der Waals surface area (Å²) in [5, 5.41) is 16.5. The Bertz CT molecular complexity index is 570. The molecule has 2 rings (SSSR count). The lowest BCUT2D eigenvalue weighted by Crippen LogP contribution is -1.89. The second-order valence-electron chi connectivity index (χ2n) is 4.04. The molecule has 1 aromatic heterocycles. The number of nitrogens with zero attached hydrogens (tertiary/aromatic N) is 1. The standard InChI is InChI=1S/C11H12N2.C3H6O2/c1-8(12)10-7-13(2)11-6-4-3-5-9(10)11;1-2-3(4)5/h3-7,12H,1-2H3;2H2,1H3,(H,4,5). The number of nitrogens with one attached hydrogen (secondary N) is 1. The van der Waals surface area contributed by atoms with Gasteiger partial charge >= 0.3 is 5.97 Å². The zero-order valence-electron chi connectivity index (χ0n) is 10.9. The van der Waals surface area contributed by atoms with E-state index in [1.807, 2.05) is 32.3 Å². The highest BCUT2D eigenvalue weighted by Crippen LogP contribution is 2.20. The maximum atomic E-state index is 9.37. The molecule has 0 saturated carbocycles. The van der Waals surface area contributed by atoms with E-state index in [9.17, 15) is 4.79 Å². The number of aryl methyl sites for hydroxylation is 1. The maximum Gasteiger partial charge on any atom is 0.303 e. The number of aromatic nitrogens is 1. The average Bonchev–Trinajstić information content (AvgIpc) is 2.68. The lowest BCUT2D eigenvalue weighted by molar-refractivity contribution is -0.136. The SMILES string of the molecule is CC(=N)c1cn(C)c2ccccc12.CCC(=O)O. The van der Waals surface area contributed by atoms with Gasteiger partial charge in [-0.3, -0.25) is 4.79 Å². The Kier molecular flexibility index (Phi) is 4.66. The lowest BCUT2D eigenvalue weighted by Gasteiger charge is -1.93. The maximum absolute atomic E-state index is 9.37. The van der Waals surface area contributed by atoms with Crippen LogP contribution in [0.15, 0.2) is 30.5 Å². The van der Waals surface area contributed by atoms with E-state index in [0.717, 1.165) is 10.9 Å². The topological polar surface area (TPSA) is 66.1 Å². The van der Waals surface area contributed by atoms with Gasteiger partial charge in [0.2, 0.25) is 0 Å². The summed E-state index contributed by atoms with van der Waals surface area (Å²) in [4.78, 5) is 9.37. The molecule has 18 heavy (non-hydrogen) atoms. The van der Waals surface area contributed by atoms with Crippen LogP contribution < -0.4 is 0 Å². The monoisotopic (exact) mass is 246 g/mol. The van der Waals surface area contributed by atoms with Crippen LogP contribution in [0.5, 0.6) is 0 Å². The minimum absolute atomic E-state index is 0.222. The third kappa shape index (κ3) is 3.20. The van der Waals surface area contributed by atoms with E-state index in [1.165, 1.54) is 5.52 Å². The highest BCUT2D eigenvalue weighted by Gasteiger charge is 2.05. The van der Waals surface area contributed by atoms with E-state index in [-0.39, 0.29) is 6.42 Å². The first kappa shape index (κ1) is 14.0. The summed E-state index contributed by atoms with van der Waals surface area (Å²) < 4.78 is 2.06. The number of rotatable bonds is 2. The van der Waals surface area contributed by atoms with Crippen molar-refractivity contribution in [2.24, 2.45) is 7.05 Å². The first-order valence-corrected chi connectivity index (χ1v) is 5.78. The van der Waals surface area contributed by atoms with E-state index in [1.54, 1.807) is 6.92 Å². The van der Waals surface area contributed by atoms with Gasteiger partial charge in [-0.25, -0.2) is 0 Å². The van der Waals surface area contributed by atoms with E-state index < -0.39 is 5.97 Å². The van der Waals surface area contributed by atoms with Crippen LogP contribution in [-0.2, 0) is 11.8 Å². The van der Waals surface area contributed by atoms with E-state index >= 15 is 0 Å². The molecular weight excluding hydrogens is 228 g/mol. The average molecular weight is 246 g/mol. The largest absolute Gasteiger partial charge is 0.481 e. The van der Waals surface area contributed by atoms with Gasteiger partial charge < -0.3 is 15.1 Å². The van der Waals surface area contributed by atoms with Crippen LogP contribution in [0.4, 0.5) is 0 Å². The summed E-state index contributed by atoms with van der Waals surface area (Å²) in [5.74, 6) is -0.745. The Morgan fingerprint density at radius 3 is 2.44 bits per heavy atom. The minimum atomic E-state index is -0.745. The molecule has 4 nitrogen and oxygen atoms in total. The zero-order chi connectivity index (χ0) is 13.7. The van der Waals surface area contributed by atoms with Gasteiger partial charge in [0.1, 0.15) is 0 Å².